The molecule has 0 saturated heterocycles. The largest absolute Gasteiger partial charge is 0.432 e. The molecule has 1 aromatic carbocycles. The van der Waals surface area contributed by atoms with E-state index in [1.54, 1.807) is 19.1 Å². The van der Waals surface area contributed by atoms with Crippen molar-refractivity contribution >= 4 is 33.7 Å². The van der Waals surface area contributed by atoms with E-state index in [0.29, 0.717) is 10.6 Å². The van der Waals surface area contributed by atoms with Gasteiger partial charge in [0.2, 0.25) is 0 Å². The van der Waals surface area contributed by atoms with Gasteiger partial charge in [0.05, 0.1) is 22.3 Å². The lowest BCUT2D eigenvalue weighted by Crippen LogP contribution is -2.17. The standard InChI is InChI=1S/C17H14BrClF3N3O2/c1-2-24-27-8-7-26-10-25-15(11-3-5-12(19)6-4-11)13(9-23)14(18)16(25)17(20,21)22/h2-6H,7-8,10H2,1H3. The van der Waals surface area contributed by atoms with E-state index in [2.05, 4.69) is 21.1 Å². The number of hydrogen-bond acceptors (Lipinski definition) is 4. The first-order valence-corrected chi connectivity index (χ1v) is 8.81. The quantitative estimate of drug-likeness (QED) is 0.311. The number of ether oxygens (including phenoxy) is 1. The molecule has 0 unspecified atom stereocenters. The Morgan fingerprint density at radius 1 is 1.30 bits per heavy atom. The highest BCUT2D eigenvalue weighted by Gasteiger charge is 2.40. The molecule has 0 amide bonds. The van der Waals surface area contributed by atoms with Gasteiger partial charge in [-0.2, -0.15) is 18.4 Å². The van der Waals surface area contributed by atoms with Crippen LogP contribution in [0.15, 0.2) is 33.9 Å². The highest BCUT2D eigenvalue weighted by molar-refractivity contribution is 9.10. The van der Waals surface area contributed by atoms with Gasteiger partial charge in [-0.05, 0) is 40.5 Å². The van der Waals surface area contributed by atoms with Gasteiger partial charge in [0.1, 0.15) is 25.1 Å². The van der Waals surface area contributed by atoms with Crippen LogP contribution in [0.25, 0.3) is 11.3 Å². The Hall–Kier alpha value is -2.02. The SMILES string of the molecule is CC=NOCCOCn1c(-c2ccc(Cl)cc2)c(C#N)c(Br)c1C(F)(F)F. The summed E-state index contributed by atoms with van der Waals surface area (Å²) >= 11 is 8.77. The summed E-state index contributed by atoms with van der Waals surface area (Å²) in [6.45, 7) is 1.34. The van der Waals surface area contributed by atoms with Crippen molar-refractivity contribution in [3.05, 3.63) is 45.0 Å². The van der Waals surface area contributed by atoms with Crippen LogP contribution in [-0.2, 0) is 22.5 Å². The minimum absolute atomic E-state index is 0.0202. The molecular formula is C17H14BrClF3N3O2. The fraction of sp³-hybridized carbons (Fsp3) is 0.294. The van der Waals surface area contributed by atoms with E-state index < -0.39 is 18.6 Å². The molecule has 1 heterocycles. The van der Waals surface area contributed by atoms with E-state index in [1.807, 2.05) is 6.07 Å². The molecule has 0 aliphatic rings. The van der Waals surface area contributed by atoms with Crippen LogP contribution < -0.4 is 0 Å². The van der Waals surface area contributed by atoms with Gasteiger partial charge in [0.25, 0.3) is 0 Å². The third kappa shape index (κ3) is 5.03. The van der Waals surface area contributed by atoms with Crippen LogP contribution in [0.5, 0.6) is 0 Å². The first-order valence-electron chi connectivity index (χ1n) is 7.64. The number of nitriles is 1. The second-order valence-corrected chi connectivity index (χ2v) is 6.39. The average molecular weight is 465 g/mol. The second kappa shape index (κ2) is 9.26. The van der Waals surface area contributed by atoms with Crippen LogP contribution >= 0.6 is 27.5 Å². The van der Waals surface area contributed by atoms with Crippen LogP contribution in [-0.4, -0.2) is 24.0 Å². The number of halogens is 5. The number of benzene rings is 1. The highest BCUT2D eigenvalue weighted by Crippen LogP contribution is 2.43. The van der Waals surface area contributed by atoms with E-state index in [0.717, 1.165) is 4.57 Å². The molecule has 0 spiro atoms. The van der Waals surface area contributed by atoms with Crippen molar-refractivity contribution in [1.82, 2.24) is 4.57 Å². The predicted octanol–water partition coefficient (Wildman–Crippen LogP) is 5.46. The fourth-order valence-corrected chi connectivity index (χ4v) is 3.22. The summed E-state index contributed by atoms with van der Waals surface area (Å²) in [5.74, 6) is 0. The van der Waals surface area contributed by atoms with Crippen LogP contribution in [0, 0.1) is 11.3 Å². The molecule has 0 radical (unpaired) electrons. The lowest BCUT2D eigenvalue weighted by Gasteiger charge is -2.16. The van der Waals surface area contributed by atoms with E-state index in [-0.39, 0.29) is 28.9 Å². The lowest BCUT2D eigenvalue weighted by molar-refractivity contribution is -0.146. The smallest absolute Gasteiger partial charge is 0.394 e. The average Bonchev–Trinajstić information content (AvgIpc) is 2.90. The first-order chi connectivity index (χ1) is 12.8. The minimum atomic E-state index is -4.69. The molecular weight excluding hydrogens is 451 g/mol. The van der Waals surface area contributed by atoms with Crippen molar-refractivity contribution in [3.8, 4) is 17.3 Å². The van der Waals surface area contributed by atoms with Gasteiger partial charge in [0.15, 0.2) is 0 Å². The third-order valence-corrected chi connectivity index (χ3v) is 4.45. The van der Waals surface area contributed by atoms with Crippen molar-refractivity contribution < 1.29 is 22.7 Å². The molecule has 0 atom stereocenters. The Balaban J connectivity index is 2.47. The van der Waals surface area contributed by atoms with Crippen LogP contribution in [0.1, 0.15) is 18.2 Å². The predicted molar refractivity (Wildman–Crippen MR) is 98.4 cm³/mol. The Labute approximate surface area is 167 Å². The molecule has 0 bridgehead atoms. The summed E-state index contributed by atoms with van der Waals surface area (Å²) < 4.78 is 46.7. The molecule has 0 fully saturated rings. The maximum absolute atomic E-state index is 13.6. The molecule has 144 valence electrons. The van der Waals surface area contributed by atoms with Gasteiger partial charge in [-0.1, -0.05) is 28.9 Å². The Kier molecular flexibility index (Phi) is 7.30. The van der Waals surface area contributed by atoms with Crippen LogP contribution in [0.4, 0.5) is 13.2 Å². The topological polar surface area (TPSA) is 59.5 Å². The number of oxime groups is 1. The van der Waals surface area contributed by atoms with Crippen LogP contribution in [0.2, 0.25) is 5.02 Å². The van der Waals surface area contributed by atoms with Gasteiger partial charge in [-0.15, -0.1) is 0 Å². The number of rotatable bonds is 7. The van der Waals surface area contributed by atoms with Gasteiger partial charge >= 0.3 is 6.18 Å². The van der Waals surface area contributed by atoms with Crippen molar-refractivity contribution in [2.75, 3.05) is 13.2 Å². The van der Waals surface area contributed by atoms with Crippen molar-refractivity contribution in [2.24, 2.45) is 5.16 Å². The molecule has 2 aromatic rings. The summed E-state index contributed by atoms with van der Waals surface area (Å²) in [6.07, 6.45) is -3.26. The molecule has 10 heteroatoms. The number of aromatic nitrogens is 1. The monoisotopic (exact) mass is 463 g/mol. The summed E-state index contributed by atoms with van der Waals surface area (Å²) in [6, 6.07) is 7.98. The highest BCUT2D eigenvalue weighted by atomic mass is 79.9. The molecule has 27 heavy (non-hydrogen) atoms. The van der Waals surface area contributed by atoms with E-state index >= 15 is 0 Å². The zero-order valence-electron chi connectivity index (χ0n) is 14.1. The van der Waals surface area contributed by atoms with Gasteiger partial charge in [-0.3, -0.25) is 0 Å². The molecule has 0 saturated carbocycles. The van der Waals surface area contributed by atoms with Gasteiger partial charge in [-0.25, -0.2) is 0 Å². The van der Waals surface area contributed by atoms with Crippen LogP contribution in [0.3, 0.4) is 0 Å². The maximum Gasteiger partial charge on any atom is 0.432 e. The zero-order chi connectivity index (χ0) is 20.0. The van der Waals surface area contributed by atoms with E-state index in [9.17, 15) is 18.4 Å². The van der Waals surface area contributed by atoms with Crippen molar-refractivity contribution in [1.29, 1.82) is 5.26 Å². The summed E-state index contributed by atoms with van der Waals surface area (Å²) in [5, 5.41) is 13.4. The van der Waals surface area contributed by atoms with Gasteiger partial charge in [0, 0.05) is 11.2 Å². The molecule has 0 aliphatic carbocycles. The number of alkyl halides is 3. The fourth-order valence-electron chi connectivity index (χ4n) is 2.38. The molecule has 2 rings (SSSR count). The third-order valence-electron chi connectivity index (χ3n) is 3.42. The molecule has 0 N–H and O–H groups in total. The van der Waals surface area contributed by atoms with E-state index in [1.165, 1.54) is 18.3 Å². The minimum Gasteiger partial charge on any atom is -0.394 e. The number of nitrogens with zero attached hydrogens (tertiary/aromatic N) is 3. The first kappa shape index (κ1) is 21.3. The lowest BCUT2D eigenvalue weighted by atomic mass is 10.1. The normalized spacial score (nSPS) is 11.7. The second-order valence-electron chi connectivity index (χ2n) is 5.16. The van der Waals surface area contributed by atoms with Gasteiger partial charge < -0.3 is 14.1 Å². The molecule has 5 nitrogen and oxygen atoms in total. The summed E-state index contributed by atoms with van der Waals surface area (Å²) in [4.78, 5) is 4.83. The molecule has 0 aliphatic heterocycles. The Bertz CT molecular complexity index is 858. The van der Waals surface area contributed by atoms with E-state index in [4.69, 9.17) is 21.2 Å². The van der Waals surface area contributed by atoms with Crippen molar-refractivity contribution in [3.63, 3.8) is 0 Å². The summed E-state index contributed by atoms with van der Waals surface area (Å²) in [5.41, 5.74) is -0.653. The Morgan fingerprint density at radius 2 is 1.96 bits per heavy atom. The number of hydrogen-bond donors (Lipinski definition) is 0. The maximum atomic E-state index is 13.6. The molecule has 1 aromatic heterocycles. The van der Waals surface area contributed by atoms with Crippen molar-refractivity contribution in [2.45, 2.75) is 19.8 Å². The Morgan fingerprint density at radius 3 is 2.52 bits per heavy atom. The zero-order valence-corrected chi connectivity index (χ0v) is 16.4. The summed E-state index contributed by atoms with van der Waals surface area (Å²) in [7, 11) is 0.